The Bertz CT molecular complexity index is 938. The average molecular weight is 452 g/mol. The molecule has 0 spiro atoms. The number of amides is 1. The molecule has 1 amide bonds. The average Bonchev–Trinajstić information content (AvgIpc) is 3.01. The van der Waals surface area contributed by atoms with Crippen LogP contribution < -0.4 is 4.90 Å². The number of anilines is 1. The first kappa shape index (κ1) is 21.7. The van der Waals surface area contributed by atoms with E-state index in [0.717, 1.165) is 75.4 Å². The van der Waals surface area contributed by atoms with Gasteiger partial charge in [0.25, 0.3) is 0 Å². The minimum Gasteiger partial charge on any atom is -0.342 e. The highest BCUT2D eigenvalue weighted by atomic mass is 32.2. The van der Waals surface area contributed by atoms with Crippen molar-refractivity contribution in [2.24, 2.45) is 0 Å². The maximum atomic E-state index is 12.9. The Hall–Kier alpha value is -2.12. The number of nitrogens with zero attached hydrogens (tertiary/aromatic N) is 5. The van der Waals surface area contributed by atoms with Crippen molar-refractivity contribution in [1.29, 1.82) is 0 Å². The molecule has 6 nitrogen and oxygen atoms in total. The highest BCUT2D eigenvalue weighted by molar-refractivity contribution is 7.98. The lowest BCUT2D eigenvalue weighted by Crippen LogP contribution is -2.52. The maximum Gasteiger partial charge on any atom is 0.227 e. The molecule has 0 unspecified atom stereocenters. The van der Waals surface area contributed by atoms with E-state index >= 15 is 0 Å². The zero-order valence-corrected chi connectivity index (χ0v) is 19.8. The summed E-state index contributed by atoms with van der Waals surface area (Å²) in [5.41, 5.74) is 3.40. The Labute approximate surface area is 195 Å². The molecule has 5 rings (SSSR count). The van der Waals surface area contributed by atoms with Crippen molar-refractivity contribution in [1.82, 2.24) is 19.8 Å². The quantitative estimate of drug-likeness (QED) is 0.652. The van der Waals surface area contributed by atoms with Crippen LogP contribution in [0.2, 0.25) is 0 Å². The van der Waals surface area contributed by atoms with E-state index in [1.807, 2.05) is 11.1 Å². The van der Waals surface area contributed by atoms with E-state index in [1.165, 1.54) is 29.7 Å². The summed E-state index contributed by atoms with van der Waals surface area (Å²) in [7, 11) is 0. The van der Waals surface area contributed by atoms with Crippen LogP contribution in [0.3, 0.4) is 0 Å². The number of carbonyl (C=O) groups is 1. The number of fused-ring (bicyclic) bond motifs is 1. The normalized spacial score (nSPS) is 19.9. The molecule has 1 saturated carbocycles. The molecule has 7 heteroatoms. The third kappa shape index (κ3) is 4.79. The smallest absolute Gasteiger partial charge is 0.227 e. The molecule has 3 aliphatic rings. The summed E-state index contributed by atoms with van der Waals surface area (Å²) in [5, 5.41) is 0. The second-order valence-electron chi connectivity index (χ2n) is 9.16. The van der Waals surface area contributed by atoms with Crippen molar-refractivity contribution in [2.75, 3.05) is 50.4 Å². The van der Waals surface area contributed by atoms with Crippen LogP contribution in [-0.4, -0.2) is 77.2 Å². The number of hydrogen-bond donors (Lipinski definition) is 0. The van der Waals surface area contributed by atoms with Crippen LogP contribution in [-0.2, 0) is 24.1 Å². The number of rotatable bonds is 5. The standard InChI is InChI=1S/C25H33N5OS/c1-32-22-7-5-19(6-8-22)17-24(31)29-11-9-20-18-26-25(27-23(20)10-12-29)30-15-13-28(14-16-30)21-3-2-4-21/h5-8,18,21H,2-4,9-17H2,1H3. The number of hydrogen-bond acceptors (Lipinski definition) is 6. The predicted octanol–water partition coefficient (Wildman–Crippen LogP) is 3.04. The van der Waals surface area contributed by atoms with Crippen LogP contribution in [0.25, 0.3) is 0 Å². The molecule has 2 aliphatic heterocycles. The Morgan fingerprint density at radius 2 is 1.78 bits per heavy atom. The summed E-state index contributed by atoms with van der Waals surface area (Å²) in [4.78, 5) is 30.8. The van der Waals surface area contributed by atoms with Gasteiger partial charge in [-0.05, 0) is 48.8 Å². The number of thioether (sulfide) groups is 1. The van der Waals surface area contributed by atoms with Crippen LogP contribution >= 0.6 is 11.8 Å². The molecule has 0 atom stereocenters. The largest absolute Gasteiger partial charge is 0.342 e. The van der Waals surface area contributed by atoms with Gasteiger partial charge >= 0.3 is 0 Å². The second-order valence-corrected chi connectivity index (χ2v) is 10.0. The van der Waals surface area contributed by atoms with Crippen molar-refractivity contribution in [3.63, 3.8) is 0 Å². The summed E-state index contributed by atoms with van der Waals surface area (Å²) in [5.74, 6) is 1.07. The van der Waals surface area contributed by atoms with E-state index in [9.17, 15) is 4.79 Å². The Balaban J connectivity index is 1.18. The Morgan fingerprint density at radius 1 is 1.03 bits per heavy atom. The van der Waals surface area contributed by atoms with Gasteiger partial charge in [0, 0.05) is 62.8 Å². The summed E-state index contributed by atoms with van der Waals surface area (Å²) in [6.45, 7) is 5.74. The first-order valence-electron chi connectivity index (χ1n) is 11.9. The molecule has 1 aromatic carbocycles. The van der Waals surface area contributed by atoms with Gasteiger partial charge in [-0.2, -0.15) is 0 Å². The van der Waals surface area contributed by atoms with Crippen molar-refractivity contribution in [3.05, 3.63) is 47.3 Å². The van der Waals surface area contributed by atoms with Crippen LogP contribution in [0, 0.1) is 0 Å². The summed E-state index contributed by atoms with van der Waals surface area (Å²) in [6, 6.07) is 9.14. The predicted molar refractivity (Wildman–Crippen MR) is 129 cm³/mol. The van der Waals surface area contributed by atoms with Crippen molar-refractivity contribution in [2.45, 2.75) is 49.5 Å². The van der Waals surface area contributed by atoms with Gasteiger partial charge in [-0.15, -0.1) is 11.8 Å². The summed E-state index contributed by atoms with van der Waals surface area (Å²) < 4.78 is 0. The van der Waals surface area contributed by atoms with E-state index in [4.69, 9.17) is 9.97 Å². The van der Waals surface area contributed by atoms with E-state index in [0.29, 0.717) is 6.42 Å². The van der Waals surface area contributed by atoms with Gasteiger partial charge in [0.2, 0.25) is 11.9 Å². The number of carbonyl (C=O) groups excluding carboxylic acids is 1. The molecule has 170 valence electrons. The Kier molecular flexibility index (Phi) is 6.64. The molecule has 3 heterocycles. The van der Waals surface area contributed by atoms with Gasteiger partial charge in [-0.25, -0.2) is 9.97 Å². The molecule has 2 aromatic rings. The third-order valence-corrected chi connectivity index (χ3v) is 8.01. The summed E-state index contributed by atoms with van der Waals surface area (Å²) >= 11 is 1.72. The van der Waals surface area contributed by atoms with E-state index in [-0.39, 0.29) is 5.91 Å². The van der Waals surface area contributed by atoms with Crippen LogP contribution in [0.1, 0.15) is 36.1 Å². The fourth-order valence-corrected chi connectivity index (χ4v) is 5.34. The van der Waals surface area contributed by atoms with Crippen LogP contribution in [0.4, 0.5) is 5.95 Å². The first-order chi connectivity index (χ1) is 15.7. The Morgan fingerprint density at radius 3 is 2.47 bits per heavy atom. The molecular weight excluding hydrogens is 418 g/mol. The summed E-state index contributed by atoms with van der Waals surface area (Å²) in [6.07, 6.45) is 10.3. The van der Waals surface area contributed by atoms with Crippen molar-refractivity contribution >= 4 is 23.6 Å². The van der Waals surface area contributed by atoms with E-state index in [2.05, 4.69) is 40.3 Å². The van der Waals surface area contributed by atoms with Crippen LogP contribution in [0.15, 0.2) is 35.4 Å². The van der Waals surface area contributed by atoms with Gasteiger partial charge in [-0.3, -0.25) is 9.69 Å². The van der Waals surface area contributed by atoms with Gasteiger partial charge in [0.05, 0.1) is 12.1 Å². The van der Waals surface area contributed by atoms with Gasteiger partial charge in [-0.1, -0.05) is 18.6 Å². The molecule has 1 saturated heterocycles. The van der Waals surface area contributed by atoms with Crippen molar-refractivity contribution < 1.29 is 4.79 Å². The zero-order chi connectivity index (χ0) is 21.9. The van der Waals surface area contributed by atoms with E-state index < -0.39 is 0 Å². The lowest BCUT2D eigenvalue weighted by Gasteiger charge is -2.43. The minimum atomic E-state index is 0.204. The number of benzene rings is 1. The topological polar surface area (TPSA) is 52.6 Å². The molecule has 32 heavy (non-hydrogen) atoms. The highest BCUT2D eigenvalue weighted by Gasteiger charge is 2.29. The number of piperazine rings is 1. The molecule has 1 aromatic heterocycles. The molecule has 0 radical (unpaired) electrons. The molecule has 2 fully saturated rings. The van der Waals surface area contributed by atoms with E-state index in [1.54, 1.807) is 11.8 Å². The molecule has 0 N–H and O–H groups in total. The maximum absolute atomic E-state index is 12.9. The van der Waals surface area contributed by atoms with Crippen LogP contribution in [0.5, 0.6) is 0 Å². The SMILES string of the molecule is CSc1ccc(CC(=O)N2CCc3cnc(N4CCN(C5CCC5)CC4)nc3CC2)cc1. The monoisotopic (exact) mass is 451 g/mol. The van der Waals surface area contributed by atoms with Gasteiger partial charge < -0.3 is 9.80 Å². The lowest BCUT2D eigenvalue weighted by atomic mass is 9.91. The fraction of sp³-hybridized carbons (Fsp3) is 0.560. The fourth-order valence-electron chi connectivity index (χ4n) is 4.94. The second kappa shape index (κ2) is 9.79. The molecule has 1 aliphatic carbocycles. The highest BCUT2D eigenvalue weighted by Crippen LogP contribution is 2.26. The van der Waals surface area contributed by atoms with Gasteiger partial charge in [0.15, 0.2) is 0 Å². The lowest BCUT2D eigenvalue weighted by molar-refractivity contribution is -0.130. The van der Waals surface area contributed by atoms with Gasteiger partial charge in [0.1, 0.15) is 0 Å². The van der Waals surface area contributed by atoms with Crippen molar-refractivity contribution in [3.8, 4) is 0 Å². The number of aromatic nitrogens is 2. The molecular formula is C25H33N5OS. The third-order valence-electron chi connectivity index (χ3n) is 7.27. The zero-order valence-electron chi connectivity index (χ0n) is 19.0. The first-order valence-corrected chi connectivity index (χ1v) is 13.2. The molecule has 0 bridgehead atoms. The minimum absolute atomic E-state index is 0.204.